The number of benzene rings is 3. The second-order valence-electron chi connectivity index (χ2n) is 25.6. The molecule has 1 spiro atoms. The van der Waals surface area contributed by atoms with Gasteiger partial charge in [0.1, 0.15) is 58.8 Å². The van der Waals surface area contributed by atoms with Crippen molar-refractivity contribution in [3.05, 3.63) is 88.5 Å². The fourth-order valence-corrected chi connectivity index (χ4v) is 16.3. The number of ether oxygens (including phenoxy) is 2. The Balaban J connectivity index is 0.740. The summed E-state index contributed by atoms with van der Waals surface area (Å²) in [5.74, 6) is -0.963. The highest BCUT2D eigenvalue weighted by molar-refractivity contribution is 6.32. The molecule has 0 radical (unpaired) electrons. The number of aromatic nitrogens is 6. The minimum absolute atomic E-state index is 0.00752. The van der Waals surface area contributed by atoms with E-state index in [4.69, 9.17) is 46.0 Å². The summed E-state index contributed by atoms with van der Waals surface area (Å²) < 4.78 is 65.5. The van der Waals surface area contributed by atoms with Crippen LogP contribution in [-0.4, -0.2) is 144 Å². The first-order valence-electron chi connectivity index (χ1n) is 30.2. The number of fused-ring (bicyclic) bond motifs is 5. The van der Waals surface area contributed by atoms with Gasteiger partial charge in [0.05, 0.1) is 33.0 Å². The first-order chi connectivity index (χ1) is 40.6. The van der Waals surface area contributed by atoms with Crippen molar-refractivity contribution < 1.29 is 37.7 Å². The molecule has 7 saturated heterocycles. The van der Waals surface area contributed by atoms with Gasteiger partial charge in [-0.25, -0.2) is 18.0 Å². The minimum atomic E-state index is -1.00. The molecule has 4 N–H and O–H groups in total. The number of urea groups is 1. The third-order valence-corrected chi connectivity index (χ3v) is 20.3. The molecule has 7 aliphatic heterocycles. The second-order valence-corrected chi connectivity index (χ2v) is 26.0. The average Bonchev–Trinajstić information content (AvgIpc) is 3.81. The lowest BCUT2D eigenvalue weighted by Crippen LogP contribution is -2.65. The van der Waals surface area contributed by atoms with E-state index in [1.165, 1.54) is 12.1 Å². The lowest BCUT2D eigenvalue weighted by Gasteiger charge is -2.46. The van der Waals surface area contributed by atoms with Crippen molar-refractivity contribution in [2.75, 3.05) is 75.4 Å². The summed E-state index contributed by atoms with van der Waals surface area (Å²) in [7, 11) is 0. The molecule has 4 unspecified atom stereocenters. The van der Waals surface area contributed by atoms with E-state index in [-0.39, 0.29) is 82.3 Å². The zero-order valence-corrected chi connectivity index (χ0v) is 47.9. The van der Waals surface area contributed by atoms with Crippen LogP contribution in [0.4, 0.5) is 29.6 Å². The van der Waals surface area contributed by atoms with E-state index in [1.54, 1.807) is 37.5 Å². The topological polar surface area (TPSA) is 190 Å². The lowest BCUT2D eigenvalue weighted by atomic mass is 9.84. The van der Waals surface area contributed by atoms with Crippen LogP contribution in [0.5, 0.6) is 17.8 Å². The summed E-state index contributed by atoms with van der Waals surface area (Å²) >= 11 is 6.69. The summed E-state index contributed by atoms with van der Waals surface area (Å²) in [6, 6.07) is 11.6. The molecule has 1 aliphatic carbocycles. The fraction of sp³-hybridized carbons (Fsp3) is 0.508. The standard InChI is InChI=1S/C63H68ClF3N12O5/c1-60(82)13-3-21-76(32-60)55-42-31-70-52(41-28-39(80)29-44(64)47(41)36-10-11-36)50(67)54(42)72-59(73-55)84-35-63-17-7-25-79(63)46(12-18-63)38-26-37-8-2-9-40(48(37)45(65)27-38)51-49(66)53-43(30-69-51)56(77-22-4-14-61(33-77)19-20-68-57(81)75-61)74-58(71-53)83-34-62-15-5-23-78(62)24-6-16-62/h2,8-9,26-31,36,46,80,82H,3-7,10-25,32-35H2,1H3,(H2,68,75,81). The Morgan fingerprint density at radius 3 is 2.05 bits per heavy atom. The van der Waals surface area contributed by atoms with E-state index in [2.05, 4.69) is 30.3 Å². The minimum Gasteiger partial charge on any atom is -0.508 e. The molecule has 8 fully saturated rings. The largest absolute Gasteiger partial charge is 0.508 e. The number of hydrogen-bond acceptors (Lipinski definition) is 15. The number of nitrogens with zero attached hydrogens (tertiary/aromatic N) is 10. The number of piperidine rings is 2. The average molecular weight is 1170 g/mol. The molecule has 7 aromatic rings. The second kappa shape index (κ2) is 20.4. The normalized spacial score (nSPS) is 26.1. The highest BCUT2D eigenvalue weighted by Gasteiger charge is 2.51. The van der Waals surface area contributed by atoms with Gasteiger partial charge in [-0.15, -0.1) is 0 Å². The molecule has 4 aromatic heterocycles. The van der Waals surface area contributed by atoms with E-state index in [9.17, 15) is 15.0 Å². The Morgan fingerprint density at radius 2 is 1.36 bits per heavy atom. The SMILES string of the molecule is CC1(O)CCCN(c2nc(OCC34CCCN3C(c3cc(F)c5c(-c6ncc7c(N8CCCC9(CCNC(=O)N9)C8)nc(OCC89CCCN8CCC9)nc7c6F)cccc5c3)CC4)nc3c(F)c(-c4cc(O)cc(Cl)c4C4CC4)ncc23)C1. The summed E-state index contributed by atoms with van der Waals surface area (Å²) in [4.78, 5) is 50.4. The number of β-amino-alcohol motifs (C(OH)–C–C–N with tert-alkyl or cyclic N) is 1. The van der Waals surface area contributed by atoms with Crippen LogP contribution in [0.25, 0.3) is 55.1 Å². The zero-order chi connectivity index (χ0) is 57.3. The molecular weight excluding hydrogens is 1100 g/mol. The van der Waals surface area contributed by atoms with E-state index >= 15 is 13.2 Å². The van der Waals surface area contributed by atoms with E-state index in [0.29, 0.717) is 96.0 Å². The molecule has 84 heavy (non-hydrogen) atoms. The van der Waals surface area contributed by atoms with E-state index in [1.807, 2.05) is 17.0 Å². The molecule has 21 heteroatoms. The number of anilines is 2. The number of phenolic OH excluding ortho intramolecular Hbond substituents is 1. The predicted octanol–water partition coefficient (Wildman–Crippen LogP) is 10.7. The van der Waals surface area contributed by atoms with Crippen LogP contribution >= 0.6 is 11.6 Å². The summed E-state index contributed by atoms with van der Waals surface area (Å²) in [5.41, 5.74) is 0.222. The number of carbonyl (C=O) groups excluding carboxylic acids is 1. The van der Waals surface area contributed by atoms with Gasteiger partial charge >= 0.3 is 18.1 Å². The molecule has 2 amide bonds. The first kappa shape index (κ1) is 53.8. The van der Waals surface area contributed by atoms with Gasteiger partial charge in [0.15, 0.2) is 11.6 Å². The van der Waals surface area contributed by atoms with Gasteiger partial charge in [0.2, 0.25) is 0 Å². The Labute approximate surface area is 489 Å². The molecule has 3 aromatic carbocycles. The number of phenols is 1. The van der Waals surface area contributed by atoms with Crippen LogP contribution in [0.3, 0.4) is 0 Å². The van der Waals surface area contributed by atoms with Crippen molar-refractivity contribution in [2.24, 2.45) is 0 Å². The number of aromatic hydroxyl groups is 1. The van der Waals surface area contributed by atoms with Gasteiger partial charge in [-0.05, 0) is 170 Å². The zero-order valence-electron chi connectivity index (χ0n) is 47.1. The summed E-state index contributed by atoms with van der Waals surface area (Å²) in [6.07, 6.45) is 15.9. The van der Waals surface area contributed by atoms with Crippen molar-refractivity contribution in [1.29, 1.82) is 0 Å². The first-order valence-corrected chi connectivity index (χ1v) is 30.6. The molecular formula is C63H68ClF3N12O5. The monoisotopic (exact) mass is 1160 g/mol. The van der Waals surface area contributed by atoms with Crippen LogP contribution in [0.15, 0.2) is 54.9 Å². The predicted molar refractivity (Wildman–Crippen MR) is 313 cm³/mol. The number of nitrogens with one attached hydrogen (secondary N) is 2. The van der Waals surface area contributed by atoms with Crippen molar-refractivity contribution in [3.8, 4) is 40.3 Å². The molecule has 17 nitrogen and oxygen atoms in total. The summed E-state index contributed by atoms with van der Waals surface area (Å²) in [6.45, 7) is 7.64. The third-order valence-electron chi connectivity index (χ3n) is 20.0. The highest BCUT2D eigenvalue weighted by atomic mass is 35.5. The number of amides is 2. The molecule has 438 valence electrons. The number of hydrogen-bond donors (Lipinski definition) is 4. The Morgan fingerprint density at radius 1 is 0.714 bits per heavy atom. The van der Waals surface area contributed by atoms with Gasteiger partial charge < -0.3 is 40.1 Å². The van der Waals surface area contributed by atoms with Gasteiger partial charge in [-0.3, -0.25) is 19.8 Å². The van der Waals surface area contributed by atoms with Crippen molar-refractivity contribution in [2.45, 2.75) is 137 Å². The maximum Gasteiger partial charge on any atom is 0.319 e. The molecule has 0 bridgehead atoms. The lowest BCUT2D eigenvalue weighted by molar-refractivity contribution is 0.0446. The quantitative estimate of drug-likeness (QED) is 0.0903. The Kier molecular flexibility index (Phi) is 13.1. The summed E-state index contributed by atoms with van der Waals surface area (Å²) in [5, 5.41) is 29.9. The Bertz CT molecular complexity index is 3820. The van der Waals surface area contributed by atoms with Gasteiger partial charge in [0, 0.05) is 72.7 Å². The Hall–Kier alpha value is -6.87. The maximum atomic E-state index is 17.7. The van der Waals surface area contributed by atoms with Crippen molar-refractivity contribution >= 4 is 61.8 Å². The van der Waals surface area contributed by atoms with Crippen LogP contribution in [0.2, 0.25) is 5.02 Å². The molecule has 11 heterocycles. The molecule has 8 aliphatic rings. The van der Waals surface area contributed by atoms with E-state index in [0.717, 1.165) is 108 Å². The molecule has 1 saturated carbocycles. The van der Waals surface area contributed by atoms with Crippen LogP contribution in [-0.2, 0) is 0 Å². The number of rotatable bonds is 12. The van der Waals surface area contributed by atoms with Gasteiger partial charge in [0.25, 0.3) is 0 Å². The maximum absolute atomic E-state index is 17.7. The van der Waals surface area contributed by atoms with Gasteiger partial charge in [-0.1, -0.05) is 29.8 Å². The molecule has 15 rings (SSSR count). The van der Waals surface area contributed by atoms with Crippen molar-refractivity contribution in [3.63, 3.8) is 0 Å². The number of carbonyl (C=O) groups is 1. The van der Waals surface area contributed by atoms with Crippen LogP contribution in [0.1, 0.15) is 126 Å². The number of aliphatic hydroxyl groups is 1. The number of halogens is 4. The fourth-order valence-electron chi connectivity index (χ4n) is 15.9. The van der Waals surface area contributed by atoms with Gasteiger partial charge in [-0.2, -0.15) is 19.9 Å². The molecule has 4 atom stereocenters. The van der Waals surface area contributed by atoms with Crippen molar-refractivity contribution in [1.82, 2.24) is 50.3 Å². The highest BCUT2D eigenvalue weighted by Crippen LogP contribution is 2.52. The van der Waals surface area contributed by atoms with Crippen LogP contribution < -0.4 is 29.9 Å². The third kappa shape index (κ3) is 9.26. The van der Waals surface area contributed by atoms with Crippen LogP contribution in [0, 0.1) is 17.5 Å². The number of pyridine rings is 2. The van der Waals surface area contributed by atoms with E-state index < -0.39 is 34.1 Å². The smallest absolute Gasteiger partial charge is 0.319 e.